The quantitative estimate of drug-likeness (QED) is 0.454. The maximum atomic E-state index is 5.90. The largest absolute Gasteiger partial charge is 0.493 e. The predicted octanol–water partition coefficient (Wildman–Crippen LogP) is 5.43. The third kappa shape index (κ3) is 5.65. The Bertz CT molecular complexity index is 326. The van der Waals surface area contributed by atoms with Crippen molar-refractivity contribution < 1.29 is 4.74 Å². The fraction of sp³-hybridized carbons (Fsp3) is 0.571. The van der Waals surface area contributed by atoms with E-state index in [-0.39, 0.29) is 0 Å². The molecule has 0 saturated heterocycles. The van der Waals surface area contributed by atoms with E-state index >= 15 is 0 Å². The van der Waals surface area contributed by atoms with E-state index in [1.807, 2.05) is 18.2 Å². The highest BCUT2D eigenvalue weighted by Crippen LogP contribution is 2.24. The van der Waals surface area contributed by atoms with Crippen molar-refractivity contribution in [1.29, 1.82) is 0 Å². The van der Waals surface area contributed by atoms with Crippen molar-refractivity contribution in [2.24, 2.45) is 0 Å². The van der Waals surface area contributed by atoms with Crippen LogP contribution >= 0.6 is 23.2 Å². The van der Waals surface area contributed by atoms with E-state index in [9.17, 15) is 0 Å². The summed E-state index contributed by atoms with van der Waals surface area (Å²) in [5, 5.41) is 0.705. The Morgan fingerprint density at radius 3 is 2.59 bits per heavy atom. The number of halogens is 2. The first-order valence-corrected chi connectivity index (χ1v) is 7.16. The summed E-state index contributed by atoms with van der Waals surface area (Å²) >= 11 is 11.7. The van der Waals surface area contributed by atoms with Gasteiger partial charge in [-0.25, -0.2) is 0 Å². The molecule has 0 amide bonds. The lowest BCUT2D eigenvalue weighted by Crippen LogP contribution is -1.99. The van der Waals surface area contributed by atoms with Gasteiger partial charge in [0.05, 0.1) is 12.5 Å². The Balaban J connectivity index is 2.31. The van der Waals surface area contributed by atoms with Gasteiger partial charge in [-0.1, -0.05) is 44.2 Å². The molecule has 1 rings (SSSR count). The van der Waals surface area contributed by atoms with Gasteiger partial charge < -0.3 is 4.74 Å². The Labute approximate surface area is 114 Å². The van der Waals surface area contributed by atoms with Gasteiger partial charge in [-0.15, -0.1) is 11.6 Å². The average Bonchev–Trinajstić information content (AvgIpc) is 2.35. The number of hydrogen-bond acceptors (Lipinski definition) is 1. The number of unbranched alkanes of at least 4 members (excludes halogenated alkanes) is 4. The topological polar surface area (TPSA) is 9.23 Å². The van der Waals surface area contributed by atoms with Crippen LogP contribution in [0.3, 0.4) is 0 Å². The van der Waals surface area contributed by atoms with Crippen LogP contribution in [-0.4, -0.2) is 6.61 Å². The molecule has 0 N–H and O–H groups in total. The molecule has 17 heavy (non-hydrogen) atoms. The molecule has 0 aromatic heterocycles. The fourth-order valence-corrected chi connectivity index (χ4v) is 2.08. The maximum absolute atomic E-state index is 5.90. The van der Waals surface area contributed by atoms with Crippen molar-refractivity contribution >= 4 is 23.2 Å². The summed E-state index contributed by atoms with van der Waals surface area (Å²) in [6.45, 7) is 2.98. The van der Waals surface area contributed by atoms with E-state index in [4.69, 9.17) is 27.9 Å². The minimum absolute atomic E-state index is 0.436. The molecule has 0 bridgehead atoms. The molecule has 0 aliphatic rings. The van der Waals surface area contributed by atoms with E-state index in [2.05, 4.69) is 6.92 Å². The van der Waals surface area contributed by atoms with Gasteiger partial charge in [0, 0.05) is 10.6 Å². The zero-order valence-corrected chi connectivity index (χ0v) is 11.9. The summed E-state index contributed by atoms with van der Waals surface area (Å²) in [5.74, 6) is 1.30. The molecular formula is C14H20Cl2O. The summed E-state index contributed by atoms with van der Waals surface area (Å²) in [6, 6.07) is 5.59. The zero-order chi connectivity index (χ0) is 12.5. The van der Waals surface area contributed by atoms with Crippen LogP contribution in [0, 0.1) is 0 Å². The Morgan fingerprint density at radius 1 is 1.12 bits per heavy atom. The minimum Gasteiger partial charge on any atom is -0.493 e. The summed E-state index contributed by atoms with van der Waals surface area (Å²) < 4.78 is 5.72. The second kappa shape index (κ2) is 8.66. The fourth-order valence-electron chi connectivity index (χ4n) is 1.68. The van der Waals surface area contributed by atoms with Crippen LogP contribution in [0.4, 0.5) is 0 Å². The first-order chi connectivity index (χ1) is 8.27. The second-order valence-corrected chi connectivity index (χ2v) is 4.85. The molecular weight excluding hydrogens is 255 g/mol. The van der Waals surface area contributed by atoms with Crippen LogP contribution in [0.15, 0.2) is 18.2 Å². The van der Waals surface area contributed by atoms with Gasteiger partial charge in [0.1, 0.15) is 5.75 Å². The van der Waals surface area contributed by atoms with Crippen molar-refractivity contribution in [3.63, 3.8) is 0 Å². The van der Waals surface area contributed by atoms with Crippen LogP contribution in [0.1, 0.15) is 44.6 Å². The van der Waals surface area contributed by atoms with E-state index in [0.29, 0.717) is 10.9 Å². The molecule has 1 nitrogen and oxygen atoms in total. The normalized spacial score (nSPS) is 10.5. The van der Waals surface area contributed by atoms with E-state index in [0.717, 1.165) is 24.3 Å². The number of benzene rings is 1. The number of ether oxygens (including phenoxy) is 1. The number of hydrogen-bond donors (Lipinski definition) is 0. The van der Waals surface area contributed by atoms with Crippen LogP contribution in [0.2, 0.25) is 5.02 Å². The van der Waals surface area contributed by atoms with Crippen LogP contribution in [-0.2, 0) is 5.88 Å². The van der Waals surface area contributed by atoms with Crippen molar-refractivity contribution in [2.45, 2.75) is 44.9 Å². The molecule has 0 aliphatic carbocycles. The molecule has 96 valence electrons. The molecule has 3 heteroatoms. The average molecular weight is 275 g/mol. The van der Waals surface area contributed by atoms with Crippen LogP contribution < -0.4 is 4.74 Å². The van der Waals surface area contributed by atoms with E-state index in [1.165, 1.54) is 25.7 Å². The van der Waals surface area contributed by atoms with Crippen molar-refractivity contribution in [3.05, 3.63) is 28.8 Å². The second-order valence-electron chi connectivity index (χ2n) is 4.15. The molecule has 1 aromatic rings. The van der Waals surface area contributed by atoms with Gasteiger partial charge in [-0.2, -0.15) is 0 Å². The lowest BCUT2D eigenvalue weighted by molar-refractivity contribution is 0.302. The summed E-state index contributed by atoms with van der Waals surface area (Å²) in [4.78, 5) is 0. The zero-order valence-electron chi connectivity index (χ0n) is 10.3. The monoisotopic (exact) mass is 274 g/mol. The standard InChI is InChI=1S/C14H20Cl2O/c1-2-3-4-5-6-9-17-14-8-7-13(16)10-12(14)11-15/h7-8,10H,2-6,9,11H2,1H3. The molecule has 0 unspecified atom stereocenters. The third-order valence-electron chi connectivity index (χ3n) is 2.67. The van der Waals surface area contributed by atoms with E-state index < -0.39 is 0 Å². The van der Waals surface area contributed by atoms with E-state index in [1.54, 1.807) is 0 Å². The molecule has 0 spiro atoms. The molecule has 0 fully saturated rings. The Hall–Kier alpha value is -0.400. The molecule has 1 aromatic carbocycles. The lowest BCUT2D eigenvalue weighted by Gasteiger charge is -2.10. The highest BCUT2D eigenvalue weighted by molar-refractivity contribution is 6.30. The molecule has 0 heterocycles. The van der Waals surface area contributed by atoms with Gasteiger partial charge in [-0.3, -0.25) is 0 Å². The van der Waals surface area contributed by atoms with Crippen LogP contribution in [0.25, 0.3) is 0 Å². The van der Waals surface area contributed by atoms with Crippen molar-refractivity contribution in [2.75, 3.05) is 6.61 Å². The smallest absolute Gasteiger partial charge is 0.123 e. The Morgan fingerprint density at radius 2 is 1.88 bits per heavy atom. The molecule has 0 aliphatic heterocycles. The van der Waals surface area contributed by atoms with Gasteiger partial charge in [-0.05, 0) is 24.6 Å². The van der Waals surface area contributed by atoms with Gasteiger partial charge in [0.25, 0.3) is 0 Å². The highest BCUT2D eigenvalue weighted by Gasteiger charge is 2.03. The third-order valence-corrected chi connectivity index (χ3v) is 3.19. The highest BCUT2D eigenvalue weighted by atomic mass is 35.5. The van der Waals surface area contributed by atoms with Crippen molar-refractivity contribution in [3.8, 4) is 5.75 Å². The molecule has 0 radical (unpaired) electrons. The van der Waals surface area contributed by atoms with Gasteiger partial charge in [0.15, 0.2) is 0 Å². The van der Waals surface area contributed by atoms with Crippen LogP contribution in [0.5, 0.6) is 5.75 Å². The summed E-state index contributed by atoms with van der Waals surface area (Å²) in [5.41, 5.74) is 0.965. The first-order valence-electron chi connectivity index (χ1n) is 6.25. The SMILES string of the molecule is CCCCCCCOc1ccc(Cl)cc1CCl. The minimum atomic E-state index is 0.436. The molecule has 0 atom stereocenters. The van der Waals surface area contributed by atoms with Gasteiger partial charge >= 0.3 is 0 Å². The first kappa shape index (κ1) is 14.7. The van der Waals surface area contributed by atoms with Gasteiger partial charge in [0.2, 0.25) is 0 Å². The van der Waals surface area contributed by atoms with Crippen molar-refractivity contribution in [1.82, 2.24) is 0 Å². The summed E-state index contributed by atoms with van der Waals surface area (Å²) in [6.07, 6.45) is 6.22. The maximum Gasteiger partial charge on any atom is 0.123 e. The number of rotatable bonds is 8. The lowest BCUT2D eigenvalue weighted by atomic mass is 10.2. The predicted molar refractivity (Wildman–Crippen MR) is 75.3 cm³/mol. The summed E-state index contributed by atoms with van der Waals surface area (Å²) in [7, 11) is 0. The Kier molecular flexibility index (Phi) is 7.46. The molecule has 0 saturated carbocycles. The number of alkyl halides is 1.